The topological polar surface area (TPSA) is 50.7 Å². The van der Waals surface area contributed by atoms with E-state index in [1.807, 2.05) is 0 Å². The summed E-state index contributed by atoms with van der Waals surface area (Å²) in [5.41, 5.74) is 0.494. The van der Waals surface area contributed by atoms with E-state index in [0.29, 0.717) is 31.8 Å². The zero-order valence-electron chi connectivity index (χ0n) is 11.9. The molecule has 0 aromatic rings. The SMILES string of the molecule is CCCCOCCOCC(O)CNCC1(C)CC1. The molecule has 1 rings (SSSR count). The van der Waals surface area contributed by atoms with E-state index >= 15 is 0 Å². The number of ether oxygens (including phenoxy) is 2. The second-order valence-electron chi connectivity index (χ2n) is 5.64. The van der Waals surface area contributed by atoms with Crippen LogP contribution in [0.1, 0.15) is 39.5 Å². The Labute approximate surface area is 111 Å². The Kier molecular flexibility index (Phi) is 7.82. The lowest BCUT2D eigenvalue weighted by atomic mass is 10.1. The quantitative estimate of drug-likeness (QED) is 0.522. The smallest absolute Gasteiger partial charge is 0.0897 e. The first-order chi connectivity index (χ1) is 8.66. The van der Waals surface area contributed by atoms with Crippen LogP contribution in [-0.4, -0.2) is 50.7 Å². The van der Waals surface area contributed by atoms with E-state index in [0.717, 1.165) is 26.0 Å². The number of nitrogens with one attached hydrogen (secondary N) is 1. The van der Waals surface area contributed by atoms with Gasteiger partial charge in [0.25, 0.3) is 0 Å². The van der Waals surface area contributed by atoms with Crippen molar-refractivity contribution in [2.45, 2.75) is 45.6 Å². The van der Waals surface area contributed by atoms with Gasteiger partial charge in [-0.1, -0.05) is 20.3 Å². The average Bonchev–Trinajstić information content (AvgIpc) is 3.06. The Morgan fingerprint density at radius 1 is 1.22 bits per heavy atom. The predicted octanol–water partition coefficient (Wildman–Crippen LogP) is 1.57. The van der Waals surface area contributed by atoms with Gasteiger partial charge in [-0.3, -0.25) is 0 Å². The van der Waals surface area contributed by atoms with Crippen LogP contribution in [0.5, 0.6) is 0 Å². The number of hydrogen-bond donors (Lipinski definition) is 2. The van der Waals surface area contributed by atoms with Crippen molar-refractivity contribution in [1.82, 2.24) is 5.32 Å². The van der Waals surface area contributed by atoms with E-state index in [1.54, 1.807) is 0 Å². The van der Waals surface area contributed by atoms with E-state index in [-0.39, 0.29) is 0 Å². The molecule has 0 heterocycles. The number of rotatable bonds is 12. The molecule has 0 amide bonds. The van der Waals surface area contributed by atoms with Crippen LogP contribution in [0.4, 0.5) is 0 Å². The molecule has 1 unspecified atom stereocenters. The van der Waals surface area contributed by atoms with Crippen molar-refractivity contribution in [2.24, 2.45) is 5.41 Å². The molecule has 0 aromatic heterocycles. The van der Waals surface area contributed by atoms with E-state index in [9.17, 15) is 5.11 Å². The molecule has 0 aromatic carbocycles. The normalized spacial score (nSPS) is 18.8. The van der Waals surface area contributed by atoms with Crippen molar-refractivity contribution in [3.63, 3.8) is 0 Å². The van der Waals surface area contributed by atoms with Crippen LogP contribution in [0, 0.1) is 5.41 Å². The summed E-state index contributed by atoms with van der Waals surface area (Å²) in [4.78, 5) is 0. The molecule has 108 valence electrons. The van der Waals surface area contributed by atoms with Crippen LogP contribution >= 0.6 is 0 Å². The highest BCUT2D eigenvalue weighted by Gasteiger charge is 2.36. The van der Waals surface area contributed by atoms with Crippen LogP contribution in [-0.2, 0) is 9.47 Å². The van der Waals surface area contributed by atoms with Gasteiger partial charge in [-0.2, -0.15) is 0 Å². The third-order valence-corrected chi connectivity index (χ3v) is 3.36. The Hall–Kier alpha value is -0.160. The maximum Gasteiger partial charge on any atom is 0.0897 e. The van der Waals surface area contributed by atoms with E-state index in [2.05, 4.69) is 19.2 Å². The van der Waals surface area contributed by atoms with Crippen molar-refractivity contribution in [3.05, 3.63) is 0 Å². The standard InChI is InChI=1S/C14H29NO3/c1-3-4-7-17-8-9-18-11-13(16)10-15-12-14(2)5-6-14/h13,15-16H,3-12H2,1-2H3. The molecule has 18 heavy (non-hydrogen) atoms. The third kappa shape index (κ3) is 8.03. The van der Waals surface area contributed by atoms with Gasteiger partial charge >= 0.3 is 0 Å². The Bertz CT molecular complexity index is 207. The second-order valence-corrected chi connectivity index (χ2v) is 5.64. The molecule has 4 heteroatoms. The number of unbranched alkanes of at least 4 members (excludes halogenated alkanes) is 1. The molecule has 2 N–H and O–H groups in total. The van der Waals surface area contributed by atoms with Crippen LogP contribution in [0.25, 0.3) is 0 Å². The minimum atomic E-state index is -0.414. The molecule has 1 fully saturated rings. The van der Waals surface area contributed by atoms with E-state index < -0.39 is 6.10 Å². The highest BCUT2D eigenvalue weighted by Crippen LogP contribution is 2.43. The number of aliphatic hydroxyl groups excluding tert-OH is 1. The average molecular weight is 259 g/mol. The van der Waals surface area contributed by atoms with Crippen molar-refractivity contribution in [3.8, 4) is 0 Å². The van der Waals surface area contributed by atoms with E-state index in [4.69, 9.17) is 9.47 Å². The van der Waals surface area contributed by atoms with Crippen LogP contribution in [0.15, 0.2) is 0 Å². The molecule has 0 radical (unpaired) electrons. The Morgan fingerprint density at radius 2 is 1.94 bits per heavy atom. The minimum Gasteiger partial charge on any atom is -0.389 e. The molecule has 0 spiro atoms. The van der Waals surface area contributed by atoms with Gasteiger partial charge in [0.2, 0.25) is 0 Å². The summed E-state index contributed by atoms with van der Waals surface area (Å²) >= 11 is 0. The molecule has 0 aliphatic heterocycles. The summed E-state index contributed by atoms with van der Waals surface area (Å²) in [6, 6.07) is 0. The fraction of sp³-hybridized carbons (Fsp3) is 1.00. The highest BCUT2D eigenvalue weighted by molar-refractivity contribution is 4.90. The summed E-state index contributed by atoms with van der Waals surface area (Å²) in [6.45, 7) is 8.43. The lowest BCUT2D eigenvalue weighted by Crippen LogP contribution is -2.33. The third-order valence-electron chi connectivity index (χ3n) is 3.36. The van der Waals surface area contributed by atoms with Crippen LogP contribution in [0.2, 0.25) is 0 Å². The molecule has 1 saturated carbocycles. The predicted molar refractivity (Wildman–Crippen MR) is 72.8 cm³/mol. The highest BCUT2D eigenvalue weighted by atomic mass is 16.5. The minimum absolute atomic E-state index is 0.390. The maximum atomic E-state index is 9.68. The zero-order valence-corrected chi connectivity index (χ0v) is 11.9. The van der Waals surface area contributed by atoms with Crippen LogP contribution in [0.3, 0.4) is 0 Å². The summed E-state index contributed by atoms with van der Waals surface area (Å²) in [5.74, 6) is 0. The van der Waals surface area contributed by atoms with Gasteiger partial charge in [-0.05, 0) is 24.7 Å². The van der Waals surface area contributed by atoms with Gasteiger partial charge in [0.1, 0.15) is 0 Å². The molecular formula is C14H29NO3. The molecule has 4 nitrogen and oxygen atoms in total. The first kappa shape index (κ1) is 15.9. The molecule has 0 bridgehead atoms. The molecule has 0 saturated heterocycles. The van der Waals surface area contributed by atoms with Gasteiger partial charge in [0.05, 0.1) is 25.9 Å². The molecule has 1 aliphatic rings. The summed E-state index contributed by atoms with van der Waals surface area (Å²) in [7, 11) is 0. The number of hydrogen-bond acceptors (Lipinski definition) is 4. The van der Waals surface area contributed by atoms with Gasteiger partial charge in [-0.25, -0.2) is 0 Å². The fourth-order valence-electron chi connectivity index (χ4n) is 1.68. The lowest BCUT2D eigenvalue weighted by molar-refractivity contribution is 0.00371. The first-order valence-corrected chi connectivity index (χ1v) is 7.20. The summed E-state index contributed by atoms with van der Waals surface area (Å²) in [5, 5.41) is 13.0. The molecule has 1 aliphatic carbocycles. The van der Waals surface area contributed by atoms with Gasteiger partial charge in [-0.15, -0.1) is 0 Å². The van der Waals surface area contributed by atoms with Gasteiger partial charge < -0.3 is 19.9 Å². The van der Waals surface area contributed by atoms with Gasteiger partial charge in [0.15, 0.2) is 0 Å². The number of aliphatic hydroxyl groups is 1. The molecule has 1 atom stereocenters. The van der Waals surface area contributed by atoms with Crippen molar-refractivity contribution >= 4 is 0 Å². The maximum absolute atomic E-state index is 9.68. The monoisotopic (exact) mass is 259 g/mol. The second kappa shape index (κ2) is 8.86. The molecular weight excluding hydrogens is 230 g/mol. The first-order valence-electron chi connectivity index (χ1n) is 7.20. The summed E-state index contributed by atoms with van der Waals surface area (Å²) in [6.07, 6.45) is 4.46. The van der Waals surface area contributed by atoms with Crippen molar-refractivity contribution < 1.29 is 14.6 Å². The lowest BCUT2D eigenvalue weighted by Gasteiger charge is -2.14. The van der Waals surface area contributed by atoms with Gasteiger partial charge in [0, 0.05) is 19.7 Å². The largest absolute Gasteiger partial charge is 0.389 e. The zero-order chi connectivity index (χ0) is 13.3. The fourth-order valence-corrected chi connectivity index (χ4v) is 1.68. The van der Waals surface area contributed by atoms with E-state index in [1.165, 1.54) is 12.8 Å². The van der Waals surface area contributed by atoms with Crippen molar-refractivity contribution in [1.29, 1.82) is 0 Å². The van der Waals surface area contributed by atoms with Crippen LogP contribution < -0.4 is 5.32 Å². The Morgan fingerprint density at radius 3 is 2.61 bits per heavy atom. The van der Waals surface area contributed by atoms with Crippen molar-refractivity contribution in [2.75, 3.05) is 39.5 Å². The Balaban J connectivity index is 1.80. The summed E-state index contributed by atoms with van der Waals surface area (Å²) < 4.78 is 10.7.